The maximum Gasteiger partial charge on any atom is 0.433 e. The molecule has 9 heteroatoms. The Kier molecular flexibility index (Phi) is 4.79. The predicted octanol–water partition coefficient (Wildman–Crippen LogP) is 3.40. The highest BCUT2D eigenvalue weighted by Crippen LogP contribution is 2.37. The second kappa shape index (κ2) is 7.26. The number of pyridine rings is 1. The van der Waals surface area contributed by atoms with Crippen LogP contribution in [0.3, 0.4) is 0 Å². The van der Waals surface area contributed by atoms with Gasteiger partial charge in [0.1, 0.15) is 29.7 Å². The van der Waals surface area contributed by atoms with E-state index < -0.39 is 11.9 Å². The number of anilines is 2. The summed E-state index contributed by atoms with van der Waals surface area (Å²) in [5, 5.41) is 9.28. The highest BCUT2D eigenvalue weighted by molar-refractivity contribution is 5.54. The first-order valence-electron chi connectivity index (χ1n) is 9.25. The molecule has 146 valence electrons. The number of piperidine rings is 1. The van der Waals surface area contributed by atoms with Crippen molar-refractivity contribution in [3.8, 4) is 6.07 Å². The van der Waals surface area contributed by atoms with Gasteiger partial charge in [-0.2, -0.15) is 18.4 Å². The van der Waals surface area contributed by atoms with E-state index in [1.54, 1.807) is 18.3 Å². The molecule has 0 atom stereocenters. The summed E-state index contributed by atoms with van der Waals surface area (Å²) in [4.78, 5) is 16.0. The number of alkyl halides is 3. The van der Waals surface area contributed by atoms with Crippen LogP contribution in [-0.2, 0) is 6.18 Å². The zero-order chi connectivity index (χ0) is 19.7. The standard InChI is InChI=1S/C19H19F3N6/c20-19(21,22)16-10-17(26-12-25-16)28(14-3-4-14)15-5-8-27(9-6-15)18-13(11-23)2-1-7-24-18/h1-2,7,10,12,14-15H,3-6,8-9H2. The summed E-state index contributed by atoms with van der Waals surface area (Å²) in [5.74, 6) is 1.02. The third kappa shape index (κ3) is 3.72. The van der Waals surface area contributed by atoms with Crippen LogP contribution in [-0.4, -0.2) is 40.1 Å². The van der Waals surface area contributed by atoms with Gasteiger partial charge in [-0.25, -0.2) is 15.0 Å². The zero-order valence-corrected chi connectivity index (χ0v) is 15.1. The number of nitriles is 1. The van der Waals surface area contributed by atoms with Gasteiger partial charge in [0, 0.05) is 37.4 Å². The fourth-order valence-corrected chi connectivity index (χ4v) is 3.76. The van der Waals surface area contributed by atoms with Crippen molar-refractivity contribution in [1.82, 2.24) is 15.0 Å². The fourth-order valence-electron chi connectivity index (χ4n) is 3.76. The molecule has 6 nitrogen and oxygen atoms in total. The number of nitrogens with zero attached hydrogens (tertiary/aromatic N) is 6. The minimum Gasteiger partial charge on any atom is -0.355 e. The smallest absolute Gasteiger partial charge is 0.355 e. The Labute approximate surface area is 160 Å². The SMILES string of the molecule is N#Cc1cccnc1N1CCC(N(c2cc(C(F)(F)F)ncn2)C2CC2)CC1. The molecule has 2 aliphatic rings. The van der Waals surface area contributed by atoms with Crippen molar-refractivity contribution in [3.63, 3.8) is 0 Å². The first kappa shape index (κ1) is 18.5. The molecule has 2 fully saturated rings. The number of hydrogen-bond acceptors (Lipinski definition) is 6. The Morgan fingerprint density at radius 1 is 1.07 bits per heavy atom. The first-order valence-corrected chi connectivity index (χ1v) is 9.25. The molecule has 0 radical (unpaired) electrons. The van der Waals surface area contributed by atoms with Gasteiger partial charge in [-0.05, 0) is 37.8 Å². The number of aromatic nitrogens is 3. The van der Waals surface area contributed by atoms with E-state index in [4.69, 9.17) is 0 Å². The average molecular weight is 388 g/mol. The van der Waals surface area contributed by atoms with Crippen LogP contribution in [0.5, 0.6) is 0 Å². The van der Waals surface area contributed by atoms with Gasteiger partial charge in [-0.15, -0.1) is 0 Å². The van der Waals surface area contributed by atoms with Crippen molar-refractivity contribution in [2.75, 3.05) is 22.9 Å². The summed E-state index contributed by atoms with van der Waals surface area (Å²) >= 11 is 0. The molecule has 4 rings (SSSR count). The summed E-state index contributed by atoms with van der Waals surface area (Å²) < 4.78 is 39.2. The molecule has 0 aromatic carbocycles. The van der Waals surface area contributed by atoms with E-state index in [0.29, 0.717) is 30.3 Å². The third-order valence-corrected chi connectivity index (χ3v) is 5.21. The van der Waals surface area contributed by atoms with Gasteiger partial charge in [-0.1, -0.05) is 0 Å². The molecule has 1 saturated heterocycles. The van der Waals surface area contributed by atoms with E-state index in [9.17, 15) is 18.4 Å². The predicted molar refractivity (Wildman–Crippen MR) is 96.7 cm³/mol. The molecule has 2 aromatic heterocycles. The van der Waals surface area contributed by atoms with E-state index in [0.717, 1.165) is 38.1 Å². The zero-order valence-electron chi connectivity index (χ0n) is 15.1. The Morgan fingerprint density at radius 2 is 1.79 bits per heavy atom. The summed E-state index contributed by atoms with van der Waals surface area (Å²) in [6.45, 7) is 1.38. The summed E-state index contributed by atoms with van der Waals surface area (Å²) in [6.07, 6.45) is 1.64. The van der Waals surface area contributed by atoms with Crippen molar-refractivity contribution in [3.05, 3.63) is 42.0 Å². The number of rotatable bonds is 4. The quantitative estimate of drug-likeness (QED) is 0.800. The third-order valence-electron chi connectivity index (χ3n) is 5.21. The monoisotopic (exact) mass is 388 g/mol. The molecule has 0 bridgehead atoms. The van der Waals surface area contributed by atoms with Crippen LogP contribution in [0.2, 0.25) is 0 Å². The molecule has 0 N–H and O–H groups in total. The maximum absolute atomic E-state index is 13.1. The van der Waals surface area contributed by atoms with Crippen LogP contribution < -0.4 is 9.80 Å². The lowest BCUT2D eigenvalue weighted by atomic mass is 10.0. The van der Waals surface area contributed by atoms with E-state index in [1.807, 2.05) is 4.90 Å². The van der Waals surface area contributed by atoms with Gasteiger partial charge in [-0.3, -0.25) is 0 Å². The molecule has 1 aliphatic heterocycles. The van der Waals surface area contributed by atoms with Crippen molar-refractivity contribution in [2.24, 2.45) is 0 Å². The van der Waals surface area contributed by atoms with Crippen LogP contribution in [0.1, 0.15) is 36.9 Å². The van der Waals surface area contributed by atoms with Gasteiger partial charge in [0.25, 0.3) is 0 Å². The first-order chi connectivity index (χ1) is 13.5. The molecular weight excluding hydrogens is 369 g/mol. The molecule has 1 saturated carbocycles. The van der Waals surface area contributed by atoms with E-state index in [2.05, 4.69) is 25.9 Å². The Bertz CT molecular complexity index is 882. The van der Waals surface area contributed by atoms with Crippen LogP contribution in [0.4, 0.5) is 24.8 Å². The molecule has 2 aromatic rings. The molecule has 0 unspecified atom stereocenters. The van der Waals surface area contributed by atoms with E-state index in [1.165, 1.54) is 0 Å². The molecule has 3 heterocycles. The minimum atomic E-state index is -4.48. The number of halogens is 3. The van der Waals surface area contributed by atoms with Crippen molar-refractivity contribution < 1.29 is 13.2 Å². The molecule has 0 amide bonds. The van der Waals surface area contributed by atoms with Crippen molar-refractivity contribution in [1.29, 1.82) is 5.26 Å². The van der Waals surface area contributed by atoms with Crippen molar-refractivity contribution in [2.45, 2.75) is 43.9 Å². The molecule has 1 aliphatic carbocycles. The Balaban J connectivity index is 1.52. The fraction of sp³-hybridized carbons (Fsp3) is 0.474. The highest BCUT2D eigenvalue weighted by atomic mass is 19.4. The molecule has 0 spiro atoms. The maximum atomic E-state index is 13.1. The van der Waals surface area contributed by atoms with Crippen LogP contribution in [0, 0.1) is 11.3 Å². The van der Waals surface area contributed by atoms with Gasteiger partial charge in [0.15, 0.2) is 0 Å². The Morgan fingerprint density at radius 3 is 2.43 bits per heavy atom. The van der Waals surface area contributed by atoms with Gasteiger partial charge in [0.2, 0.25) is 0 Å². The summed E-state index contributed by atoms with van der Waals surface area (Å²) in [6, 6.07) is 7.03. The van der Waals surface area contributed by atoms with Gasteiger partial charge >= 0.3 is 6.18 Å². The van der Waals surface area contributed by atoms with Crippen LogP contribution in [0.15, 0.2) is 30.7 Å². The second-order valence-corrected chi connectivity index (χ2v) is 7.10. The van der Waals surface area contributed by atoms with E-state index >= 15 is 0 Å². The number of hydrogen-bond donors (Lipinski definition) is 0. The lowest BCUT2D eigenvalue weighted by Crippen LogP contribution is -2.47. The Hall–Kier alpha value is -2.89. The van der Waals surface area contributed by atoms with E-state index in [-0.39, 0.29) is 12.1 Å². The van der Waals surface area contributed by atoms with Gasteiger partial charge in [0.05, 0.1) is 5.56 Å². The summed E-state index contributed by atoms with van der Waals surface area (Å²) in [5.41, 5.74) is -0.377. The second-order valence-electron chi connectivity index (χ2n) is 7.10. The lowest BCUT2D eigenvalue weighted by Gasteiger charge is -2.40. The summed E-state index contributed by atoms with van der Waals surface area (Å²) in [7, 11) is 0. The van der Waals surface area contributed by atoms with Gasteiger partial charge < -0.3 is 9.80 Å². The molecular formula is C19H19F3N6. The normalized spacial score (nSPS) is 18.0. The topological polar surface area (TPSA) is 68.9 Å². The lowest BCUT2D eigenvalue weighted by molar-refractivity contribution is -0.141. The van der Waals surface area contributed by atoms with Crippen LogP contribution >= 0.6 is 0 Å². The van der Waals surface area contributed by atoms with Crippen LogP contribution in [0.25, 0.3) is 0 Å². The average Bonchev–Trinajstić information content (AvgIpc) is 3.53. The highest BCUT2D eigenvalue weighted by Gasteiger charge is 2.39. The molecule has 28 heavy (non-hydrogen) atoms. The van der Waals surface area contributed by atoms with Crippen molar-refractivity contribution >= 4 is 11.6 Å². The largest absolute Gasteiger partial charge is 0.433 e. The minimum absolute atomic E-state index is 0.106.